The molecule has 0 radical (unpaired) electrons. The van der Waals surface area contributed by atoms with E-state index < -0.39 is 23.6 Å². The van der Waals surface area contributed by atoms with Crippen molar-refractivity contribution in [3.05, 3.63) is 83.1 Å². The third kappa shape index (κ3) is 13.6. The molecule has 7 rings (SSSR count). The van der Waals surface area contributed by atoms with E-state index in [1.54, 1.807) is 29.5 Å². The highest BCUT2D eigenvalue weighted by atomic mass is 32.1. The summed E-state index contributed by atoms with van der Waals surface area (Å²) in [5, 5.41) is 41.7. The largest absolute Gasteiger partial charge is 0.507 e. The number of hydrazone groups is 1. The monoisotopic (exact) mass is 975 g/mol. The van der Waals surface area contributed by atoms with Crippen LogP contribution in [0.3, 0.4) is 0 Å². The molecule has 3 atom stereocenters. The van der Waals surface area contributed by atoms with Crippen LogP contribution in [0.1, 0.15) is 115 Å². The molecule has 0 unspecified atom stereocenters. The molecule has 3 fully saturated rings. The summed E-state index contributed by atoms with van der Waals surface area (Å²) in [4.78, 5) is 51.1. The molecule has 1 aliphatic carbocycles. The van der Waals surface area contributed by atoms with Gasteiger partial charge in [-0.1, -0.05) is 76.4 Å². The van der Waals surface area contributed by atoms with Crippen molar-refractivity contribution in [2.45, 2.75) is 130 Å². The average Bonchev–Trinajstić information content (AvgIpc) is 3.97. The number of phenols is 1. The van der Waals surface area contributed by atoms with Gasteiger partial charge in [-0.05, 0) is 131 Å². The lowest BCUT2D eigenvalue weighted by molar-refractivity contribution is -0.144. The van der Waals surface area contributed by atoms with Crippen molar-refractivity contribution >= 4 is 47.2 Å². The summed E-state index contributed by atoms with van der Waals surface area (Å²) in [7, 11) is 0. The number of benzene rings is 2. The lowest BCUT2D eigenvalue weighted by Crippen LogP contribution is -2.58. The van der Waals surface area contributed by atoms with E-state index in [4.69, 9.17) is 5.73 Å². The van der Waals surface area contributed by atoms with E-state index in [0.717, 1.165) is 97.5 Å². The molecule has 1 saturated carbocycles. The number of nitrogen functional groups attached to an aromatic ring is 1. The molecule has 2 aromatic carbocycles. The number of β-amino-alcohol motifs (C(OH)–C–C–N with tert-alkyl or cyclic N) is 1. The number of piperidine rings is 1. The van der Waals surface area contributed by atoms with E-state index in [1.165, 1.54) is 30.6 Å². The summed E-state index contributed by atoms with van der Waals surface area (Å²) in [6.45, 7) is 17.9. The van der Waals surface area contributed by atoms with Gasteiger partial charge in [0.2, 0.25) is 17.7 Å². The Morgan fingerprint density at radius 3 is 2.39 bits per heavy atom. The topological polar surface area (TPSA) is 202 Å². The number of aliphatic hydroxyl groups excluding tert-OH is 1. The Morgan fingerprint density at radius 2 is 1.71 bits per heavy atom. The number of aryl methyl sites for hydroxylation is 1. The Kier molecular flexibility index (Phi) is 17.8. The number of nitrogens with zero attached hydrogens (tertiary/aromatic N) is 7. The number of likely N-dealkylation sites (tertiary alicyclic amines) is 2. The van der Waals surface area contributed by atoms with Crippen molar-refractivity contribution in [2.24, 2.45) is 28.3 Å². The van der Waals surface area contributed by atoms with Crippen molar-refractivity contribution in [1.82, 2.24) is 40.6 Å². The molecule has 4 aromatic rings. The second-order valence-corrected chi connectivity index (χ2v) is 21.7. The first-order valence-electron chi connectivity index (χ1n) is 25.2. The lowest BCUT2D eigenvalue weighted by atomic mass is 9.78. The summed E-state index contributed by atoms with van der Waals surface area (Å²) >= 11 is 1.59. The predicted octanol–water partition coefficient (Wildman–Crippen LogP) is 8.03. The number of unbranched alkanes of at least 4 members (excludes halogenated alkanes) is 2. The molecule has 3 aliphatic rings. The number of thiazole rings is 1. The Balaban J connectivity index is 0.791. The maximum Gasteiger partial charge on any atom is 0.246 e. The highest BCUT2D eigenvalue weighted by Crippen LogP contribution is 2.35. The van der Waals surface area contributed by atoms with E-state index in [1.807, 2.05) is 87.7 Å². The fourth-order valence-electron chi connectivity index (χ4n) is 10.3. The van der Waals surface area contributed by atoms with Crippen LogP contribution in [0.4, 0.5) is 5.82 Å². The maximum atomic E-state index is 14.2. The second kappa shape index (κ2) is 23.9. The lowest BCUT2D eigenvalue weighted by Gasteiger charge is -2.37. The number of phenolic OH excluding ortho intramolecular Hbond substituents is 1. The molecule has 0 spiro atoms. The summed E-state index contributed by atoms with van der Waals surface area (Å²) in [6.07, 6.45) is 11.8. The van der Waals surface area contributed by atoms with E-state index in [9.17, 15) is 24.6 Å². The molecule has 376 valence electrons. The molecule has 2 saturated heterocycles. The van der Waals surface area contributed by atoms with Gasteiger partial charge in [-0.15, -0.1) is 21.5 Å². The van der Waals surface area contributed by atoms with Crippen LogP contribution in [0, 0.1) is 30.1 Å². The zero-order valence-corrected chi connectivity index (χ0v) is 42.6. The molecule has 4 heterocycles. The van der Waals surface area contributed by atoms with Crippen LogP contribution in [0.5, 0.6) is 5.75 Å². The normalized spacial score (nSPS) is 20.8. The molecule has 0 bridgehead atoms. The number of rotatable bonds is 19. The van der Waals surface area contributed by atoms with Crippen LogP contribution in [-0.4, -0.2) is 116 Å². The SMILES string of the molecule is C=NN(/C=C(\C)c1cc(-c2ccccc2O)nnc1N)CC1CCN(CCCCCC2CCC(C(=O)N[C@H](C(=O)N3C[C@H](O)C[C@H]3C(=O)NCc3ccc(-c4scnc4C)cc3)C(C)(C)C)CC2)CC1. The highest BCUT2D eigenvalue weighted by molar-refractivity contribution is 7.13. The van der Waals surface area contributed by atoms with Crippen molar-refractivity contribution in [3.8, 4) is 27.4 Å². The minimum atomic E-state index is -0.832. The number of allylic oxidation sites excluding steroid dienone is 1. The van der Waals surface area contributed by atoms with Crippen LogP contribution < -0.4 is 16.4 Å². The average molecular weight is 975 g/mol. The van der Waals surface area contributed by atoms with E-state index in [0.29, 0.717) is 35.5 Å². The first kappa shape index (κ1) is 52.1. The first-order valence-corrected chi connectivity index (χ1v) is 26.1. The fourth-order valence-corrected chi connectivity index (χ4v) is 11.2. The molecular formula is C54H74N10O5S. The van der Waals surface area contributed by atoms with Crippen molar-refractivity contribution in [3.63, 3.8) is 0 Å². The smallest absolute Gasteiger partial charge is 0.246 e. The molecule has 15 nitrogen and oxygen atoms in total. The minimum Gasteiger partial charge on any atom is -0.507 e. The number of carbonyl (C=O) groups is 3. The molecule has 2 aromatic heterocycles. The molecule has 2 aliphatic heterocycles. The molecule has 16 heteroatoms. The van der Waals surface area contributed by atoms with Crippen LogP contribution in [-0.2, 0) is 20.9 Å². The van der Waals surface area contributed by atoms with Crippen LogP contribution >= 0.6 is 11.3 Å². The fraction of sp³-hybridized carbons (Fsp3) is 0.537. The van der Waals surface area contributed by atoms with Gasteiger partial charge in [-0.2, -0.15) is 5.10 Å². The number of hydrogen-bond acceptors (Lipinski definition) is 13. The van der Waals surface area contributed by atoms with E-state index in [2.05, 4.69) is 42.5 Å². The van der Waals surface area contributed by atoms with Gasteiger partial charge < -0.3 is 36.4 Å². The standard InChI is InChI=1S/C54H74N10O5S/c1-35(44-29-45(60-61-50(44)55)43-13-9-10-14-47(43)66)31-63(56-6)32-39-23-26-62(27-24-39)25-11-7-8-12-37-15-21-41(22-16-37)51(67)59-49(54(3,4)5)53(69)64-33-42(65)28-46(64)52(68)57-30-38-17-19-40(20-18-38)48-36(2)58-34-70-48/h9-10,13-14,17-20,29,31,34,37,39,41-42,46,49,65-66H,6-8,11-12,15-16,21-28,30,32-33H2,1-5H3,(H2,55,61)(H,57,68)(H,59,67)/b35-31+/t37?,41?,42-,46+,49-/m1/s1. The third-order valence-corrected chi connectivity index (χ3v) is 15.6. The molecule has 3 amide bonds. The number of aliphatic hydroxyl groups is 1. The zero-order valence-electron chi connectivity index (χ0n) is 41.8. The first-order chi connectivity index (χ1) is 33.6. The minimum absolute atomic E-state index is 0.0482. The number of para-hydroxylation sites is 1. The molecule has 70 heavy (non-hydrogen) atoms. The van der Waals surface area contributed by atoms with Crippen molar-refractivity contribution < 1.29 is 24.6 Å². The van der Waals surface area contributed by atoms with E-state index >= 15 is 0 Å². The van der Waals surface area contributed by atoms with Crippen LogP contribution in [0.2, 0.25) is 0 Å². The summed E-state index contributed by atoms with van der Waals surface area (Å²) in [5.74, 6) is 0.664. The number of aromatic hydroxyl groups is 1. The number of carbonyl (C=O) groups excluding carboxylic acids is 3. The van der Waals surface area contributed by atoms with E-state index in [-0.39, 0.29) is 42.4 Å². The Hall–Kier alpha value is -5.71. The number of amides is 3. The van der Waals surface area contributed by atoms with Gasteiger partial charge in [-0.25, -0.2) is 4.98 Å². The van der Waals surface area contributed by atoms with Crippen molar-refractivity contribution in [2.75, 3.05) is 38.5 Å². The number of nitrogens with two attached hydrogens (primary N) is 1. The Bertz CT molecular complexity index is 2440. The van der Waals surface area contributed by atoms with Gasteiger partial charge in [-0.3, -0.25) is 19.4 Å². The second-order valence-electron chi connectivity index (χ2n) is 20.9. The third-order valence-electron chi connectivity index (χ3n) is 14.6. The molecule has 6 N–H and O–H groups in total. The highest BCUT2D eigenvalue weighted by Gasteiger charge is 2.45. The Morgan fingerprint density at radius 1 is 0.986 bits per heavy atom. The summed E-state index contributed by atoms with van der Waals surface area (Å²) in [6, 6.07) is 15.2. The van der Waals surface area contributed by atoms with Gasteiger partial charge in [0.1, 0.15) is 17.8 Å². The number of nitrogens with one attached hydrogen (secondary N) is 2. The van der Waals surface area contributed by atoms with Crippen molar-refractivity contribution in [1.29, 1.82) is 0 Å². The Labute approximate surface area is 418 Å². The predicted molar refractivity (Wildman–Crippen MR) is 278 cm³/mol. The van der Waals surface area contributed by atoms with Crippen LogP contribution in [0.25, 0.3) is 27.3 Å². The number of aromatic nitrogens is 3. The van der Waals surface area contributed by atoms with Gasteiger partial charge in [0.25, 0.3) is 0 Å². The maximum absolute atomic E-state index is 14.2. The van der Waals surface area contributed by atoms with Gasteiger partial charge in [0, 0.05) is 56.0 Å². The summed E-state index contributed by atoms with van der Waals surface area (Å²) < 4.78 is 0. The number of hydrogen-bond donors (Lipinski definition) is 5. The van der Waals surface area contributed by atoms with Gasteiger partial charge in [0.05, 0.1) is 27.9 Å². The molecular weight excluding hydrogens is 901 g/mol. The zero-order chi connectivity index (χ0) is 50.0. The van der Waals surface area contributed by atoms with Crippen LogP contribution in [0.15, 0.2) is 71.4 Å². The summed E-state index contributed by atoms with van der Waals surface area (Å²) in [5.41, 5.74) is 13.2. The number of anilines is 1. The quantitative estimate of drug-likeness (QED) is 0.0346. The van der Waals surface area contributed by atoms with Gasteiger partial charge in [0.15, 0.2) is 5.82 Å². The van der Waals surface area contributed by atoms with Gasteiger partial charge >= 0.3 is 0 Å².